The summed E-state index contributed by atoms with van der Waals surface area (Å²) in [5.41, 5.74) is 2.82. The fourth-order valence-corrected chi connectivity index (χ4v) is 5.10. The van der Waals surface area contributed by atoms with Crippen molar-refractivity contribution in [1.29, 1.82) is 0 Å². The summed E-state index contributed by atoms with van der Waals surface area (Å²) in [6.07, 6.45) is 1.35. The van der Waals surface area contributed by atoms with Crippen molar-refractivity contribution in [3.63, 3.8) is 0 Å². The van der Waals surface area contributed by atoms with Crippen molar-refractivity contribution in [2.24, 2.45) is 5.41 Å². The molecule has 4 rings (SSSR count). The first kappa shape index (κ1) is 21.7. The Morgan fingerprint density at radius 3 is 2.65 bits per heavy atom. The number of aromatic hydroxyl groups is 1. The highest BCUT2D eigenvalue weighted by molar-refractivity contribution is 6.35. The van der Waals surface area contributed by atoms with Crippen molar-refractivity contribution in [1.82, 2.24) is 0 Å². The lowest BCUT2D eigenvalue weighted by atomic mass is 9.73. The number of fused-ring (bicyclic) bond motifs is 1. The molecule has 162 valence electrons. The number of ketones is 1. The first-order valence-electron chi connectivity index (χ1n) is 10.2. The molecule has 0 bridgehead atoms. The zero-order chi connectivity index (χ0) is 22.5. The van der Waals surface area contributed by atoms with Crippen LogP contribution in [0.2, 0.25) is 10.0 Å². The average molecular weight is 459 g/mol. The molecule has 1 heterocycles. The Hall–Kier alpha value is -2.50. The Morgan fingerprint density at radius 1 is 1.23 bits per heavy atom. The number of para-hydroxylation sites is 1. The Morgan fingerprint density at radius 2 is 1.97 bits per heavy atom. The lowest BCUT2D eigenvalue weighted by Gasteiger charge is -2.36. The van der Waals surface area contributed by atoms with Gasteiger partial charge in [0.1, 0.15) is 11.4 Å². The Labute approximate surface area is 191 Å². The van der Waals surface area contributed by atoms with Gasteiger partial charge in [0.25, 0.3) is 0 Å². The number of rotatable bonds is 2. The van der Waals surface area contributed by atoms with Gasteiger partial charge in [-0.1, -0.05) is 49.2 Å². The first-order valence-corrected chi connectivity index (χ1v) is 10.9. The van der Waals surface area contributed by atoms with Crippen LogP contribution in [0.3, 0.4) is 0 Å². The van der Waals surface area contributed by atoms with Crippen LogP contribution in [0.25, 0.3) is 0 Å². The van der Waals surface area contributed by atoms with Gasteiger partial charge < -0.3 is 15.3 Å². The average Bonchev–Trinajstić information content (AvgIpc) is 2.78. The highest BCUT2D eigenvalue weighted by Gasteiger charge is 2.42. The van der Waals surface area contributed by atoms with Crippen LogP contribution in [0, 0.1) is 5.41 Å². The fourth-order valence-electron chi connectivity index (χ4n) is 4.62. The molecule has 1 unspecified atom stereocenters. The molecule has 31 heavy (non-hydrogen) atoms. The lowest BCUT2D eigenvalue weighted by molar-refractivity contribution is -0.118. The molecule has 1 amide bonds. The standard InChI is InChI=1S/C24H24Cl2N2O3/c1-13(29)28-18-5-4-6-20(30)23(18)27-17-11-24(2,3)12-21(31)22(17)19(28)9-14-7-8-15(25)10-16(14)26/h4-8,10,19,27,30H,9,11-12H2,1-3H3. The number of carbonyl (C=O) groups excluding carboxylic acids is 2. The predicted octanol–water partition coefficient (Wildman–Crippen LogP) is 5.73. The van der Waals surface area contributed by atoms with Gasteiger partial charge in [0.05, 0.1) is 11.7 Å². The van der Waals surface area contributed by atoms with E-state index in [0.29, 0.717) is 46.3 Å². The van der Waals surface area contributed by atoms with E-state index in [1.807, 2.05) is 19.9 Å². The van der Waals surface area contributed by atoms with Gasteiger partial charge in [0.15, 0.2) is 5.78 Å². The molecule has 1 aliphatic carbocycles. The molecule has 0 saturated heterocycles. The van der Waals surface area contributed by atoms with Gasteiger partial charge in [-0.25, -0.2) is 0 Å². The van der Waals surface area contributed by atoms with Gasteiger partial charge in [-0.2, -0.15) is 0 Å². The van der Waals surface area contributed by atoms with Crippen molar-refractivity contribution in [3.8, 4) is 5.75 Å². The molecular weight excluding hydrogens is 435 g/mol. The molecule has 0 radical (unpaired) electrons. The molecule has 0 fully saturated rings. The molecule has 2 aliphatic rings. The summed E-state index contributed by atoms with van der Waals surface area (Å²) in [4.78, 5) is 27.9. The van der Waals surface area contributed by atoms with Gasteiger partial charge in [-0.05, 0) is 48.1 Å². The van der Waals surface area contributed by atoms with E-state index in [1.165, 1.54) is 6.92 Å². The van der Waals surface area contributed by atoms with E-state index in [9.17, 15) is 14.7 Å². The molecule has 2 aromatic carbocycles. The third-order valence-corrected chi connectivity index (χ3v) is 6.48. The monoisotopic (exact) mass is 458 g/mol. The third kappa shape index (κ3) is 4.04. The van der Waals surface area contributed by atoms with E-state index < -0.39 is 6.04 Å². The number of nitrogens with one attached hydrogen (secondary N) is 1. The van der Waals surface area contributed by atoms with Crippen LogP contribution in [0.4, 0.5) is 11.4 Å². The number of hydrogen-bond acceptors (Lipinski definition) is 4. The van der Waals surface area contributed by atoms with Crippen molar-refractivity contribution in [2.75, 3.05) is 10.2 Å². The van der Waals surface area contributed by atoms with Crippen LogP contribution in [-0.2, 0) is 16.0 Å². The summed E-state index contributed by atoms with van der Waals surface area (Å²) in [6.45, 7) is 5.55. The second-order valence-electron chi connectivity index (χ2n) is 8.97. The molecule has 2 aromatic rings. The molecule has 0 spiro atoms. The smallest absolute Gasteiger partial charge is 0.224 e. The number of carbonyl (C=O) groups is 2. The minimum absolute atomic E-state index is 0.00705. The van der Waals surface area contributed by atoms with Gasteiger partial charge in [0.2, 0.25) is 5.91 Å². The summed E-state index contributed by atoms with van der Waals surface area (Å²) < 4.78 is 0. The molecule has 1 aliphatic heterocycles. The zero-order valence-electron chi connectivity index (χ0n) is 17.6. The Bertz CT molecular complexity index is 1120. The van der Waals surface area contributed by atoms with Gasteiger partial charge in [0, 0.05) is 34.7 Å². The van der Waals surface area contributed by atoms with Crippen LogP contribution in [0.5, 0.6) is 5.75 Å². The third-order valence-electron chi connectivity index (χ3n) is 5.89. The molecule has 1 atom stereocenters. The van der Waals surface area contributed by atoms with Crippen LogP contribution in [-0.4, -0.2) is 22.8 Å². The van der Waals surface area contributed by atoms with Crippen molar-refractivity contribution < 1.29 is 14.7 Å². The maximum atomic E-state index is 13.4. The van der Waals surface area contributed by atoms with Crippen molar-refractivity contribution in [2.45, 2.75) is 46.1 Å². The van der Waals surface area contributed by atoms with Crippen LogP contribution in [0.1, 0.15) is 39.2 Å². The number of halogens is 2. The van der Waals surface area contributed by atoms with E-state index in [-0.39, 0.29) is 22.9 Å². The van der Waals surface area contributed by atoms with E-state index in [2.05, 4.69) is 5.32 Å². The lowest BCUT2D eigenvalue weighted by Crippen LogP contribution is -2.45. The van der Waals surface area contributed by atoms with E-state index >= 15 is 0 Å². The number of benzene rings is 2. The molecular formula is C24H24Cl2N2O3. The van der Waals surface area contributed by atoms with Crippen molar-refractivity contribution >= 4 is 46.3 Å². The number of Topliss-reactive ketones (excluding diaryl/α,β-unsaturated/α-hetero) is 1. The predicted molar refractivity (Wildman–Crippen MR) is 124 cm³/mol. The number of phenols is 1. The highest BCUT2D eigenvalue weighted by atomic mass is 35.5. The first-order chi connectivity index (χ1) is 14.6. The maximum Gasteiger partial charge on any atom is 0.224 e. The van der Waals surface area contributed by atoms with E-state index in [4.69, 9.17) is 23.2 Å². The van der Waals surface area contributed by atoms with Crippen LogP contribution >= 0.6 is 23.2 Å². The quantitative estimate of drug-likeness (QED) is 0.563. The second-order valence-corrected chi connectivity index (χ2v) is 9.82. The van der Waals surface area contributed by atoms with E-state index in [0.717, 1.165) is 11.3 Å². The molecule has 7 heteroatoms. The number of nitrogens with zero attached hydrogens (tertiary/aromatic N) is 1. The molecule has 0 aromatic heterocycles. The summed E-state index contributed by atoms with van der Waals surface area (Å²) in [5, 5.41) is 14.9. The van der Waals surface area contributed by atoms with Gasteiger partial charge in [-0.15, -0.1) is 0 Å². The van der Waals surface area contributed by atoms with Crippen LogP contribution < -0.4 is 10.2 Å². The number of allylic oxidation sites excluding steroid dienone is 1. The SMILES string of the molecule is CC(=O)N1c2cccc(O)c2NC2=C(C(=O)CC(C)(C)C2)C1Cc1ccc(Cl)cc1Cl. The molecule has 0 saturated carbocycles. The summed E-state index contributed by atoms with van der Waals surface area (Å²) in [6, 6.07) is 9.69. The largest absolute Gasteiger partial charge is 0.506 e. The minimum atomic E-state index is -0.565. The highest BCUT2D eigenvalue weighted by Crippen LogP contribution is 2.47. The van der Waals surface area contributed by atoms with Gasteiger partial charge in [-0.3, -0.25) is 9.59 Å². The fraction of sp³-hybridized carbons (Fsp3) is 0.333. The normalized spacial score (nSPS) is 20.0. The Kier molecular flexibility index (Phi) is 5.52. The minimum Gasteiger partial charge on any atom is -0.506 e. The summed E-state index contributed by atoms with van der Waals surface area (Å²) in [7, 11) is 0. The number of amides is 1. The second kappa shape index (κ2) is 7.88. The topological polar surface area (TPSA) is 69.6 Å². The number of hydrogen-bond donors (Lipinski definition) is 2. The van der Waals surface area contributed by atoms with Gasteiger partial charge >= 0.3 is 0 Å². The zero-order valence-corrected chi connectivity index (χ0v) is 19.1. The van der Waals surface area contributed by atoms with E-state index in [1.54, 1.807) is 35.2 Å². The van der Waals surface area contributed by atoms with Crippen LogP contribution in [0.15, 0.2) is 47.7 Å². The molecule has 2 N–H and O–H groups in total. The summed E-state index contributed by atoms with van der Waals surface area (Å²) >= 11 is 12.5. The Balaban J connectivity index is 1.94. The summed E-state index contributed by atoms with van der Waals surface area (Å²) in [5.74, 6) is -0.209. The number of anilines is 2. The number of phenolic OH excluding ortho intramolecular Hbond substituents is 1. The molecule has 5 nitrogen and oxygen atoms in total. The van der Waals surface area contributed by atoms with Crippen molar-refractivity contribution in [3.05, 3.63) is 63.3 Å². The maximum absolute atomic E-state index is 13.4.